The van der Waals surface area contributed by atoms with Gasteiger partial charge in [0.2, 0.25) is 0 Å². The standard InChI is InChI=1S/C12H22O2/c1-5-6-7-10(2)12(3,4)9-8-11(13)14/h8-10H,5-7H2,1-4H3,(H,13,14). The topological polar surface area (TPSA) is 37.3 Å². The normalized spacial score (nSPS) is 14.6. The van der Waals surface area contributed by atoms with Crippen molar-refractivity contribution in [3.63, 3.8) is 0 Å². The molecule has 0 aliphatic heterocycles. The number of allylic oxidation sites excluding steroid dienone is 1. The summed E-state index contributed by atoms with van der Waals surface area (Å²) >= 11 is 0. The predicted molar refractivity (Wildman–Crippen MR) is 59.2 cm³/mol. The third-order valence-corrected chi connectivity index (χ3v) is 2.92. The van der Waals surface area contributed by atoms with E-state index in [0.717, 1.165) is 6.42 Å². The molecule has 0 amide bonds. The largest absolute Gasteiger partial charge is 0.478 e. The first kappa shape index (κ1) is 13.2. The Kier molecular flexibility index (Phi) is 5.51. The van der Waals surface area contributed by atoms with E-state index in [1.807, 2.05) is 0 Å². The van der Waals surface area contributed by atoms with Crippen molar-refractivity contribution in [1.82, 2.24) is 0 Å². The molecule has 0 aromatic rings. The summed E-state index contributed by atoms with van der Waals surface area (Å²) in [6.45, 7) is 8.54. The molecule has 0 rings (SSSR count). The van der Waals surface area contributed by atoms with Gasteiger partial charge in [0.15, 0.2) is 0 Å². The molecule has 2 heteroatoms. The molecule has 0 heterocycles. The van der Waals surface area contributed by atoms with E-state index in [1.54, 1.807) is 6.08 Å². The van der Waals surface area contributed by atoms with Crippen LogP contribution in [-0.4, -0.2) is 11.1 Å². The van der Waals surface area contributed by atoms with Crippen LogP contribution in [0, 0.1) is 11.3 Å². The number of hydrogen-bond acceptors (Lipinski definition) is 1. The minimum atomic E-state index is -0.860. The molecular formula is C12H22O2. The van der Waals surface area contributed by atoms with Crippen molar-refractivity contribution in [2.75, 3.05) is 0 Å². The van der Waals surface area contributed by atoms with E-state index in [2.05, 4.69) is 27.7 Å². The summed E-state index contributed by atoms with van der Waals surface area (Å²) < 4.78 is 0. The Labute approximate surface area is 87.0 Å². The molecule has 0 radical (unpaired) electrons. The van der Waals surface area contributed by atoms with Crippen LogP contribution in [0.4, 0.5) is 0 Å². The van der Waals surface area contributed by atoms with Gasteiger partial charge in [-0.3, -0.25) is 0 Å². The lowest BCUT2D eigenvalue weighted by atomic mass is 9.77. The molecule has 2 nitrogen and oxygen atoms in total. The molecular weight excluding hydrogens is 176 g/mol. The molecule has 0 saturated heterocycles. The number of unbranched alkanes of at least 4 members (excludes halogenated alkanes) is 1. The molecule has 0 aromatic carbocycles. The van der Waals surface area contributed by atoms with Crippen molar-refractivity contribution in [3.05, 3.63) is 12.2 Å². The van der Waals surface area contributed by atoms with E-state index in [0.29, 0.717) is 5.92 Å². The van der Waals surface area contributed by atoms with Crippen LogP contribution >= 0.6 is 0 Å². The minimum Gasteiger partial charge on any atom is -0.478 e. The van der Waals surface area contributed by atoms with Crippen molar-refractivity contribution in [2.24, 2.45) is 11.3 Å². The second-order valence-electron chi connectivity index (χ2n) is 4.54. The maximum absolute atomic E-state index is 10.4. The van der Waals surface area contributed by atoms with E-state index in [1.165, 1.54) is 18.9 Å². The fourth-order valence-electron chi connectivity index (χ4n) is 1.33. The highest BCUT2D eigenvalue weighted by atomic mass is 16.4. The monoisotopic (exact) mass is 198 g/mol. The molecule has 0 aliphatic rings. The van der Waals surface area contributed by atoms with Gasteiger partial charge in [-0.25, -0.2) is 4.79 Å². The highest BCUT2D eigenvalue weighted by Crippen LogP contribution is 2.31. The molecule has 0 spiro atoms. The zero-order valence-corrected chi connectivity index (χ0v) is 9.71. The van der Waals surface area contributed by atoms with E-state index in [4.69, 9.17) is 5.11 Å². The first-order valence-electron chi connectivity index (χ1n) is 5.32. The highest BCUT2D eigenvalue weighted by molar-refractivity contribution is 5.79. The van der Waals surface area contributed by atoms with Crippen LogP contribution in [0.2, 0.25) is 0 Å². The van der Waals surface area contributed by atoms with Gasteiger partial charge in [0.1, 0.15) is 0 Å². The Bertz CT molecular complexity index is 204. The summed E-state index contributed by atoms with van der Waals surface area (Å²) in [5.74, 6) is -0.334. The first-order chi connectivity index (χ1) is 6.40. The number of rotatable bonds is 6. The average molecular weight is 198 g/mol. The Morgan fingerprint density at radius 3 is 2.50 bits per heavy atom. The van der Waals surface area contributed by atoms with Crippen molar-refractivity contribution in [1.29, 1.82) is 0 Å². The second kappa shape index (κ2) is 5.84. The number of hydrogen-bond donors (Lipinski definition) is 1. The zero-order chi connectivity index (χ0) is 11.2. The molecule has 0 bridgehead atoms. The van der Waals surface area contributed by atoms with Crippen molar-refractivity contribution < 1.29 is 9.90 Å². The quantitative estimate of drug-likeness (QED) is 0.663. The molecule has 1 N–H and O–H groups in total. The molecule has 0 fully saturated rings. The summed E-state index contributed by atoms with van der Waals surface area (Å²) in [4.78, 5) is 10.4. The molecule has 0 aliphatic carbocycles. The number of carboxylic acids is 1. The minimum absolute atomic E-state index is 0.0203. The van der Waals surface area contributed by atoms with Gasteiger partial charge in [0.25, 0.3) is 0 Å². The lowest BCUT2D eigenvalue weighted by Gasteiger charge is -2.28. The summed E-state index contributed by atoms with van der Waals surface area (Å²) in [5.41, 5.74) is -0.0203. The van der Waals surface area contributed by atoms with E-state index in [9.17, 15) is 4.79 Å². The lowest BCUT2D eigenvalue weighted by molar-refractivity contribution is -0.131. The smallest absolute Gasteiger partial charge is 0.327 e. The lowest BCUT2D eigenvalue weighted by Crippen LogP contribution is -2.19. The van der Waals surface area contributed by atoms with Gasteiger partial charge in [-0.15, -0.1) is 0 Å². The second-order valence-corrected chi connectivity index (χ2v) is 4.54. The fraction of sp³-hybridized carbons (Fsp3) is 0.750. The Hall–Kier alpha value is -0.790. The average Bonchev–Trinajstić information content (AvgIpc) is 2.11. The van der Waals surface area contributed by atoms with E-state index >= 15 is 0 Å². The molecule has 0 saturated carbocycles. The highest BCUT2D eigenvalue weighted by Gasteiger charge is 2.22. The van der Waals surface area contributed by atoms with Crippen molar-refractivity contribution >= 4 is 5.97 Å². The fourth-order valence-corrected chi connectivity index (χ4v) is 1.33. The Morgan fingerprint density at radius 2 is 2.07 bits per heavy atom. The van der Waals surface area contributed by atoms with Crippen LogP contribution in [0.1, 0.15) is 47.0 Å². The van der Waals surface area contributed by atoms with Gasteiger partial charge in [0, 0.05) is 6.08 Å². The number of carbonyl (C=O) groups is 1. The summed E-state index contributed by atoms with van der Waals surface area (Å²) in [6, 6.07) is 0. The van der Waals surface area contributed by atoms with Crippen molar-refractivity contribution in [2.45, 2.75) is 47.0 Å². The predicted octanol–water partition coefficient (Wildman–Crippen LogP) is 3.48. The van der Waals surface area contributed by atoms with Crippen LogP contribution in [0.15, 0.2) is 12.2 Å². The third-order valence-electron chi connectivity index (χ3n) is 2.92. The van der Waals surface area contributed by atoms with Gasteiger partial charge in [-0.05, 0) is 17.8 Å². The summed E-state index contributed by atoms with van der Waals surface area (Å²) in [7, 11) is 0. The van der Waals surface area contributed by atoms with Crippen LogP contribution < -0.4 is 0 Å². The van der Waals surface area contributed by atoms with E-state index in [-0.39, 0.29) is 5.41 Å². The third kappa shape index (κ3) is 5.05. The molecule has 82 valence electrons. The van der Waals surface area contributed by atoms with Crippen molar-refractivity contribution in [3.8, 4) is 0 Å². The maximum Gasteiger partial charge on any atom is 0.327 e. The first-order valence-corrected chi connectivity index (χ1v) is 5.32. The molecule has 1 atom stereocenters. The molecule has 1 unspecified atom stereocenters. The van der Waals surface area contributed by atoms with Gasteiger partial charge in [0.05, 0.1) is 0 Å². The maximum atomic E-state index is 10.4. The summed E-state index contributed by atoms with van der Waals surface area (Å²) in [6.07, 6.45) is 6.63. The van der Waals surface area contributed by atoms with Crippen LogP contribution in [-0.2, 0) is 4.79 Å². The molecule has 14 heavy (non-hydrogen) atoms. The van der Waals surface area contributed by atoms with Gasteiger partial charge >= 0.3 is 5.97 Å². The zero-order valence-electron chi connectivity index (χ0n) is 9.71. The van der Waals surface area contributed by atoms with Crippen LogP contribution in [0.5, 0.6) is 0 Å². The van der Waals surface area contributed by atoms with E-state index < -0.39 is 5.97 Å². The Balaban J connectivity index is 4.21. The molecule has 0 aromatic heterocycles. The Morgan fingerprint density at radius 1 is 1.50 bits per heavy atom. The SMILES string of the molecule is CCCCC(C)C(C)(C)C=CC(=O)O. The van der Waals surface area contributed by atoms with Crippen LogP contribution in [0.25, 0.3) is 0 Å². The van der Waals surface area contributed by atoms with Gasteiger partial charge in [-0.1, -0.05) is 46.6 Å². The van der Waals surface area contributed by atoms with Crippen LogP contribution in [0.3, 0.4) is 0 Å². The van der Waals surface area contributed by atoms with Gasteiger partial charge in [-0.2, -0.15) is 0 Å². The number of aliphatic carboxylic acids is 1. The summed E-state index contributed by atoms with van der Waals surface area (Å²) in [5, 5.41) is 8.55. The van der Waals surface area contributed by atoms with Gasteiger partial charge < -0.3 is 5.11 Å². The number of carboxylic acid groups (broad SMARTS) is 1.